The van der Waals surface area contributed by atoms with Crippen LogP contribution in [-0.4, -0.2) is 56.7 Å². The van der Waals surface area contributed by atoms with Gasteiger partial charge in [-0.25, -0.2) is 4.98 Å². The van der Waals surface area contributed by atoms with Crippen LogP contribution >= 0.6 is 0 Å². The Morgan fingerprint density at radius 2 is 2.16 bits per heavy atom. The summed E-state index contributed by atoms with van der Waals surface area (Å²) in [5.74, 6) is 2.32. The fourth-order valence-corrected chi connectivity index (χ4v) is 3.84. The third-order valence-corrected chi connectivity index (χ3v) is 5.10. The molecule has 0 aromatic carbocycles. The first kappa shape index (κ1) is 18.1. The van der Waals surface area contributed by atoms with E-state index >= 15 is 0 Å². The van der Waals surface area contributed by atoms with Crippen LogP contribution in [0.1, 0.15) is 56.1 Å². The van der Waals surface area contributed by atoms with Crippen molar-refractivity contribution in [2.45, 2.75) is 45.2 Å². The maximum Gasteiger partial charge on any atom is 0.229 e. The predicted octanol–water partition coefficient (Wildman–Crippen LogP) is 2.44. The molecule has 25 heavy (non-hydrogen) atoms. The van der Waals surface area contributed by atoms with E-state index < -0.39 is 0 Å². The van der Waals surface area contributed by atoms with E-state index in [4.69, 9.17) is 4.52 Å². The fourth-order valence-electron chi connectivity index (χ4n) is 3.84. The summed E-state index contributed by atoms with van der Waals surface area (Å²) in [6.45, 7) is 6.99. The van der Waals surface area contributed by atoms with Crippen LogP contribution in [0.15, 0.2) is 17.0 Å². The van der Waals surface area contributed by atoms with Crippen molar-refractivity contribution in [3.05, 3.63) is 29.9 Å². The van der Waals surface area contributed by atoms with E-state index in [0.717, 1.165) is 18.9 Å². The van der Waals surface area contributed by atoms with Crippen molar-refractivity contribution in [2.24, 2.45) is 13.0 Å². The maximum atomic E-state index is 5.32. The molecule has 7 heteroatoms. The van der Waals surface area contributed by atoms with Crippen molar-refractivity contribution in [1.29, 1.82) is 0 Å². The van der Waals surface area contributed by atoms with Gasteiger partial charge in [-0.3, -0.25) is 9.80 Å². The van der Waals surface area contributed by atoms with Gasteiger partial charge in [-0.2, -0.15) is 4.98 Å². The zero-order chi connectivity index (χ0) is 18.0. The molecule has 2 aromatic rings. The lowest BCUT2D eigenvalue weighted by Gasteiger charge is -2.40. The van der Waals surface area contributed by atoms with Gasteiger partial charge in [0.15, 0.2) is 5.82 Å². The van der Waals surface area contributed by atoms with Crippen LogP contribution in [-0.2, 0) is 13.6 Å². The molecule has 0 unspecified atom stereocenters. The summed E-state index contributed by atoms with van der Waals surface area (Å²) >= 11 is 0. The third-order valence-electron chi connectivity index (χ3n) is 5.10. The summed E-state index contributed by atoms with van der Waals surface area (Å²) < 4.78 is 7.47. The first-order valence-electron chi connectivity index (χ1n) is 9.13. The van der Waals surface area contributed by atoms with Crippen LogP contribution < -0.4 is 0 Å². The molecule has 2 aromatic heterocycles. The summed E-state index contributed by atoms with van der Waals surface area (Å²) in [4.78, 5) is 13.6. The van der Waals surface area contributed by atoms with Gasteiger partial charge in [0, 0.05) is 25.7 Å². The van der Waals surface area contributed by atoms with Crippen molar-refractivity contribution in [2.75, 3.05) is 27.2 Å². The molecule has 0 aliphatic carbocycles. The van der Waals surface area contributed by atoms with Crippen molar-refractivity contribution >= 4 is 0 Å². The van der Waals surface area contributed by atoms with Crippen LogP contribution in [0.4, 0.5) is 0 Å². The summed E-state index contributed by atoms with van der Waals surface area (Å²) in [7, 11) is 6.44. The molecular weight excluding hydrogens is 316 g/mol. The summed E-state index contributed by atoms with van der Waals surface area (Å²) in [5, 5.41) is 4.12. The zero-order valence-corrected chi connectivity index (χ0v) is 16.0. The quantitative estimate of drug-likeness (QED) is 0.800. The topological polar surface area (TPSA) is 63.2 Å². The van der Waals surface area contributed by atoms with Crippen molar-refractivity contribution < 1.29 is 4.52 Å². The van der Waals surface area contributed by atoms with Gasteiger partial charge < -0.3 is 9.09 Å². The Morgan fingerprint density at radius 1 is 1.36 bits per heavy atom. The minimum atomic E-state index is 0.271. The Bertz CT molecular complexity index is 679. The highest BCUT2D eigenvalue weighted by Gasteiger charge is 2.33. The maximum absolute atomic E-state index is 5.32. The van der Waals surface area contributed by atoms with Crippen LogP contribution in [0.25, 0.3) is 0 Å². The molecule has 0 saturated carbocycles. The van der Waals surface area contributed by atoms with Gasteiger partial charge in [-0.15, -0.1) is 0 Å². The second-order valence-corrected chi connectivity index (χ2v) is 7.66. The minimum absolute atomic E-state index is 0.271. The van der Waals surface area contributed by atoms with Gasteiger partial charge in [0.25, 0.3) is 0 Å². The van der Waals surface area contributed by atoms with Gasteiger partial charge in [-0.05, 0) is 39.4 Å². The van der Waals surface area contributed by atoms with Crippen LogP contribution in [0.3, 0.4) is 0 Å². The Balaban J connectivity index is 1.67. The Hall–Kier alpha value is -1.73. The predicted molar refractivity (Wildman–Crippen MR) is 96.0 cm³/mol. The van der Waals surface area contributed by atoms with Crippen molar-refractivity contribution in [3.8, 4) is 0 Å². The number of likely N-dealkylation sites (tertiary alicyclic amines) is 1. The highest BCUT2D eigenvalue weighted by Crippen LogP contribution is 2.35. The Labute approximate surface area is 150 Å². The SMILES string of the molecule is CC(C)c1nc(CN(C)C[C@@H]2CCCN(C)[C@H]2c2cncn2C)no1. The lowest BCUT2D eigenvalue weighted by atomic mass is 9.87. The van der Waals surface area contributed by atoms with Gasteiger partial charge in [0.05, 0.1) is 24.6 Å². The molecule has 1 fully saturated rings. The van der Waals surface area contributed by atoms with Crippen LogP contribution in [0.5, 0.6) is 0 Å². The van der Waals surface area contributed by atoms with E-state index in [1.807, 2.05) is 12.5 Å². The molecule has 1 saturated heterocycles. The van der Waals surface area contributed by atoms with E-state index in [9.17, 15) is 0 Å². The smallest absolute Gasteiger partial charge is 0.229 e. The van der Waals surface area contributed by atoms with Crippen molar-refractivity contribution in [1.82, 2.24) is 29.5 Å². The second kappa shape index (κ2) is 7.66. The Kier molecular flexibility index (Phi) is 5.54. The number of hydrogen-bond donors (Lipinski definition) is 0. The van der Waals surface area contributed by atoms with E-state index in [1.54, 1.807) is 0 Å². The molecule has 2 atom stereocenters. The molecule has 0 N–H and O–H groups in total. The molecule has 0 amide bonds. The molecule has 1 aliphatic heterocycles. The van der Waals surface area contributed by atoms with Gasteiger partial charge >= 0.3 is 0 Å². The van der Waals surface area contributed by atoms with Crippen LogP contribution in [0, 0.1) is 5.92 Å². The first-order valence-corrected chi connectivity index (χ1v) is 9.13. The number of hydrogen-bond acceptors (Lipinski definition) is 6. The monoisotopic (exact) mass is 346 g/mol. The highest BCUT2D eigenvalue weighted by atomic mass is 16.5. The summed E-state index contributed by atoms with van der Waals surface area (Å²) in [6, 6.07) is 0.403. The molecule has 0 bridgehead atoms. The molecule has 138 valence electrons. The Morgan fingerprint density at radius 3 is 2.80 bits per heavy atom. The van der Waals surface area contributed by atoms with E-state index in [0.29, 0.717) is 24.4 Å². The number of nitrogens with zero attached hydrogens (tertiary/aromatic N) is 6. The number of piperidine rings is 1. The largest absolute Gasteiger partial charge is 0.339 e. The van der Waals surface area contributed by atoms with Gasteiger partial charge in [0.1, 0.15) is 0 Å². The molecule has 7 nitrogen and oxygen atoms in total. The molecule has 0 spiro atoms. The molecule has 3 rings (SSSR count). The average molecular weight is 346 g/mol. The lowest BCUT2D eigenvalue weighted by molar-refractivity contribution is 0.0872. The van der Waals surface area contributed by atoms with E-state index in [2.05, 4.69) is 64.5 Å². The van der Waals surface area contributed by atoms with Gasteiger partial charge in [0.2, 0.25) is 5.89 Å². The minimum Gasteiger partial charge on any atom is -0.339 e. The lowest BCUT2D eigenvalue weighted by Crippen LogP contribution is -2.41. The van der Waals surface area contributed by atoms with E-state index in [1.165, 1.54) is 18.5 Å². The molecule has 3 heterocycles. The number of rotatable bonds is 6. The third kappa shape index (κ3) is 4.10. The van der Waals surface area contributed by atoms with Gasteiger partial charge in [-0.1, -0.05) is 19.0 Å². The highest BCUT2D eigenvalue weighted by molar-refractivity contribution is 5.08. The van der Waals surface area contributed by atoms with Crippen molar-refractivity contribution in [3.63, 3.8) is 0 Å². The standard InChI is InChI=1S/C18H30N6O/c1-13(2)18-20-16(21-25-18)11-22(3)10-14-7-6-8-23(4)17(14)15-9-19-12-24(15)5/h9,12-14,17H,6-8,10-11H2,1-5H3/t14-,17+/m0/s1. The zero-order valence-electron chi connectivity index (χ0n) is 16.0. The molecule has 0 radical (unpaired) electrons. The number of imidazole rings is 1. The average Bonchev–Trinajstić information content (AvgIpc) is 3.17. The van der Waals surface area contributed by atoms with E-state index in [-0.39, 0.29) is 5.92 Å². The number of aromatic nitrogens is 4. The van der Waals surface area contributed by atoms with Crippen LogP contribution in [0.2, 0.25) is 0 Å². The first-order chi connectivity index (χ1) is 12.0. The molecular formula is C18H30N6O. The number of aryl methyl sites for hydroxylation is 1. The summed E-state index contributed by atoms with van der Waals surface area (Å²) in [5.41, 5.74) is 1.29. The fraction of sp³-hybridized carbons (Fsp3) is 0.722. The second-order valence-electron chi connectivity index (χ2n) is 7.66. The normalized spacial score (nSPS) is 22.2. The summed E-state index contributed by atoms with van der Waals surface area (Å²) in [6.07, 6.45) is 6.37. The molecule has 1 aliphatic rings.